The summed E-state index contributed by atoms with van der Waals surface area (Å²) >= 11 is 0. The van der Waals surface area contributed by atoms with E-state index < -0.39 is 0 Å². The van der Waals surface area contributed by atoms with E-state index >= 15 is 0 Å². The van der Waals surface area contributed by atoms with Gasteiger partial charge in [-0.15, -0.1) is 0 Å². The minimum atomic E-state index is -0.137. The molecule has 180 valence electrons. The highest BCUT2D eigenvalue weighted by Gasteiger charge is 2.49. The number of allylic oxidation sites excluding steroid dienone is 1. The smallest absolute Gasteiger partial charge is 0.173 e. The zero-order chi connectivity index (χ0) is 22.8. The highest BCUT2D eigenvalue weighted by atomic mass is 16.5. The minimum absolute atomic E-state index is 0.133. The Labute approximate surface area is 195 Å². The first kappa shape index (κ1) is 22.7. The molecule has 3 fully saturated rings. The molecular formula is C25H34N2O6. The third-order valence-corrected chi connectivity index (χ3v) is 7.47. The maximum absolute atomic E-state index is 13.5. The standard InChI is InChI=1S/C25H34N2O6/c1-29-22-5-3-17(13-23(22)30-2)20-15-32-25-18(24(20)28)4-6-21-19(25)14-27(16-33-21)8-7-26-9-11-31-12-10-26/h3,5,13,15,18-19,21,25H,4,6-12,14,16H2,1-2H3. The van der Waals surface area contributed by atoms with Gasteiger partial charge in [0.1, 0.15) is 6.10 Å². The molecule has 8 heteroatoms. The van der Waals surface area contributed by atoms with Gasteiger partial charge in [0.15, 0.2) is 17.3 Å². The second-order valence-corrected chi connectivity index (χ2v) is 9.28. The van der Waals surface area contributed by atoms with Gasteiger partial charge in [-0.2, -0.15) is 0 Å². The Bertz CT molecular complexity index is 884. The SMILES string of the molecule is COc1ccc(C2=COC3C(CCC4OCN(CCN5CCOCC5)CC43)C2=O)cc1OC. The Morgan fingerprint density at radius 3 is 2.61 bits per heavy atom. The zero-order valence-corrected chi connectivity index (χ0v) is 19.5. The summed E-state index contributed by atoms with van der Waals surface area (Å²) in [6.45, 7) is 7.15. The molecule has 0 amide bonds. The van der Waals surface area contributed by atoms with Crippen molar-refractivity contribution < 1.29 is 28.5 Å². The number of methoxy groups -OCH3 is 2. The number of carbonyl (C=O) groups excluding carboxylic acids is 1. The van der Waals surface area contributed by atoms with Crippen LogP contribution >= 0.6 is 0 Å². The van der Waals surface area contributed by atoms with Crippen LogP contribution in [0.15, 0.2) is 24.5 Å². The molecule has 1 aromatic carbocycles. The van der Waals surface area contributed by atoms with Crippen LogP contribution in [0.4, 0.5) is 0 Å². The number of ether oxygens (including phenoxy) is 5. The van der Waals surface area contributed by atoms with Crippen LogP contribution in [0.1, 0.15) is 18.4 Å². The van der Waals surface area contributed by atoms with E-state index in [1.807, 2.05) is 18.2 Å². The van der Waals surface area contributed by atoms with Gasteiger partial charge in [0, 0.05) is 38.6 Å². The summed E-state index contributed by atoms with van der Waals surface area (Å²) in [7, 11) is 3.20. The summed E-state index contributed by atoms with van der Waals surface area (Å²) in [6, 6.07) is 5.55. The summed E-state index contributed by atoms with van der Waals surface area (Å²) in [5, 5.41) is 0. The Hall–Kier alpha value is -2.13. The number of hydrogen-bond acceptors (Lipinski definition) is 8. The first-order valence-electron chi connectivity index (χ1n) is 11.9. The van der Waals surface area contributed by atoms with Crippen LogP contribution in [0.2, 0.25) is 0 Å². The average molecular weight is 459 g/mol. The van der Waals surface area contributed by atoms with Crippen LogP contribution < -0.4 is 9.47 Å². The number of Topliss-reactive ketones (excluding diaryl/α,β-unsaturated/α-hetero) is 1. The van der Waals surface area contributed by atoms with Gasteiger partial charge in [0.05, 0.1) is 58.0 Å². The zero-order valence-electron chi connectivity index (χ0n) is 19.5. The molecule has 4 atom stereocenters. The molecule has 3 heterocycles. The van der Waals surface area contributed by atoms with Crippen molar-refractivity contribution in [3.63, 3.8) is 0 Å². The van der Waals surface area contributed by atoms with Crippen molar-refractivity contribution in [1.29, 1.82) is 0 Å². The molecule has 5 rings (SSSR count). The van der Waals surface area contributed by atoms with Gasteiger partial charge >= 0.3 is 0 Å². The molecule has 0 radical (unpaired) electrons. The topological polar surface area (TPSA) is 69.7 Å². The van der Waals surface area contributed by atoms with E-state index in [1.54, 1.807) is 20.5 Å². The maximum atomic E-state index is 13.5. The van der Waals surface area contributed by atoms with Crippen LogP contribution in [-0.4, -0.2) is 94.7 Å². The van der Waals surface area contributed by atoms with Crippen molar-refractivity contribution in [1.82, 2.24) is 9.80 Å². The van der Waals surface area contributed by atoms with Crippen LogP contribution in [0, 0.1) is 11.8 Å². The van der Waals surface area contributed by atoms with Gasteiger partial charge in [-0.25, -0.2) is 0 Å². The van der Waals surface area contributed by atoms with Gasteiger partial charge < -0.3 is 23.7 Å². The third kappa shape index (κ3) is 4.62. The van der Waals surface area contributed by atoms with Gasteiger partial charge in [0.25, 0.3) is 0 Å². The van der Waals surface area contributed by atoms with Crippen molar-refractivity contribution in [2.45, 2.75) is 25.0 Å². The molecule has 0 aromatic heterocycles. The fraction of sp³-hybridized carbons (Fsp3) is 0.640. The number of nitrogens with zero attached hydrogens (tertiary/aromatic N) is 2. The number of rotatable bonds is 6. The van der Waals surface area contributed by atoms with E-state index in [4.69, 9.17) is 23.7 Å². The van der Waals surface area contributed by atoms with E-state index in [9.17, 15) is 4.79 Å². The summed E-state index contributed by atoms with van der Waals surface area (Å²) in [6.07, 6.45) is 3.38. The molecule has 4 unspecified atom stereocenters. The monoisotopic (exact) mass is 458 g/mol. The molecule has 2 saturated heterocycles. The molecule has 3 aliphatic heterocycles. The normalized spacial score (nSPS) is 30.6. The lowest BCUT2D eigenvalue weighted by atomic mass is 9.71. The maximum Gasteiger partial charge on any atom is 0.173 e. The van der Waals surface area contributed by atoms with Crippen molar-refractivity contribution in [3.8, 4) is 11.5 Å². The van der Waals surface area contributed by atoms with Crippen LogP contribution in [0.25, 0.3) is 5.57 Å². The van der Waals surface area contributed by atoms with Crippen LogP contribution in [0.3, 0.4) is 0 Å². The molecule has 0 N–H and O–H groups in total. The van der Waals surface area contributed by atoms with Crippen molar-refractivity contribution in [2.75, 3.05) is 66.9 Å². The van der Waals surface area contributed by atoms with Crippen LogP contribution in [-0.2, 0) is 19.0 Å². The van der Waals surface area contributed by atoms with E-state index in [1.165, 1.54) is 0 Å². The van der Waals surface area contributed by atoms with Gasteiger partial charge in [-0.3, -0.25) is 14.6 Å². The Morgan fingerprint density at radius 2 is 1.82 bits per heavy atom. The third-order valence-electron chi connectivity index (χ3n) is 7.47. The summed E-state index contributed by atoms with van der Waals surface area (Å²) in [5.74, 6) is 1.46. The second-order valence-electron chi connectivity index (χ2n) is 9.28. The number of morpholine rings is 1. The highest BCUT2D eigenvalue weighted by molar-refractivity contribution is 6.22. The predicted octanol–water partition coefficient (Wildman–Crippen LogP) is 2.03. The number of benzene rings is 1. The van der Waals surface area contributed by atoms with E-state index in [2.05, 4.69) is 9.80 Å². The quantitative estimate of drug-likeness (QED) is 0.642. The first-order chi connectivity index (χ1) is 16.2. The van der Waals surface area contributed by atoms with Crippen molar-refractivity contribution >= 4 is 11.4 Å². The van der Waals surface area contributed by atoms with Crippen molar-refractivity contribution in [3.05, 3.63) is 30.0 Å². The number of fused-ring (bicyclic) bond motifs is 3. The highest BCUT2D eigenvalue weighted by Crippen LogP contribution is 2.42. The second kappa shape index (κ2) is 10.0. The lowest BCUT2D eigenvalue weighted by Crippen LogP contribution is -2.57. The van der Waals surface area contributed by atoms with E-state index in [0.29, 0.717) is 23.8 Å². The summed E-state index contributed by atoms with van der Waals surface area (Å²) < 4.78 is 28.7. The average Bonchev–Trinajstić information content (AvgIpc) is 2.87. The summed E-state index contributed by atoms with van der Waals surface area (Å²) in [5.41, 5.74) is 1.40. The molecule has 8 nitrogen and oxygen atoms in total. The molecule has 4 aliphatic rings. The van der Waals surface area contributed by atoms with Gasteiger partial charge in [0.2, 0.25) is 0 Å². The van der Waals surface area contributed by atoms with Crippen molar-refractivity contribution in [2.24, 2.45) is 11.8 Å². The number of ketones is 1. The molecular weight excluding hydrogens is 424 g/mol. The Balaban J connectivity index is 1.27. The van der Waals surface area contributed by atoms with Crippen LogP contribution in [0.5, 0.6) is 11.5 Å². The predicted molar refractivity (Wildman–Crippen MR) is 122 cm³/mol. The first-order valence-corrected chi connectivity index (χ1v) is 11.9. The molecule has 0 spiro atoms. The number of hydrogen-bond donors (Lipinski definition) is 0. The molecule has 1 aliphatic carbocycles. The minimum Gasteiger partial charge on any atom is -0.496 e. The van der Waals surface area contributed by atoms with Gasteiger partial charge in [-0.05, 0) is 30.5 Å². The molecule has 0 bridgehead atoms. The Morgan fingerprint density at radius 1 is 1.03 bits per heavy atom. The number of carbonyl (C=O) groups is 1. The molecule has 1 aromatic rings. The Kier molecular flexibility index (Phi) is 6.87. The largest absolute Gasteiger partial charge is 0.496 e. The lowest BCUT2D eigenvalue weighted by molar-refractivity contribution is -0.170. The summed E-state index contributed by atoms with van der Waals surface area (Å²) in [4.78, 5) is 18.3. The fourth-order valence-electron chi connectivity index (χ4n) is 5.57. The molecule has 33 heavy (non-hydrogen) atoms. The van der Waals surface area contributed by atoms with Gasteiger partial charge in [-0.1, -0.05) is 6.07 Å². The fourth-order valence-corrected chi connectivity index (χ4v) is 5.57. The lowest BCUT2D eigenvalue weighted by Gasteiger charge is -2.48. The molecule has 1 saturated carbocycles. The van der Waals surface area contributed by atoms with E-state index in [-0.39, 0.29) is 29.8 Å². The van der Waals surface area contributed by atoms with E-state index in [0.717, 1.165) is 64.3 Å².